The molecule has 6 N–H and O–H groups in total. The van der Waals surface area contributed by atoms with Crippen molar-refractivity contribution in [3.63, 3.8) is 0 Å². The maximum Gasteiger partial charge on any atom is 0.166 e. The minimum atomic E-state index is -0.571. The molecule has 0 amide bonds. The van der Waals surface area contributed by atoms with Crippen LogP contribution in [-0.4, -0.2) is 29.5 Å². The van der Waals surface area contributed by atoms with Crippen LogP contribution in [0.4, 0.5) is 10.2 Å². The molecule has 33 heavy (non-hydrogen) atoms. The van der Waals surface area contributed by atoms with E-state index >= 15 is 0 Å². The summed E-state index contributed by atoms with van der Waals surface area (Å²) in [5.74, 6) is 0.790. The smallest absolute Gasteiger partial charge is 0.166 e. The number of benzene rings is 1. The van der Waals surface area contributed by atoms with Crippen molar-refractivity contribution < 1.29 is 9.13 Å². The van der Waals surface area contributed by atoms with Gasteiger partial charge in [0.05, 0.1) is 0 Å². The highest BCUT2D eigenvalue weighted by Gasteiger charge is 2.24. The molecular weight excluding hydrogens is 443 g/mol. The molecule has 9 heteroatoms. The van der Waals surface area contributed by atoms with E-state index in [0.717, 1.165) is 17.8 Å². The van der Waals surface area contributed by atoms with Crippen LogP contribution >= 0.6 is 11.6 Å². The lowest BCUT2D eigenvalue weighted by Gasteiger charge is -2.24. The van der Waals surface area contributed by atoms with Gasteiger partial charge in [-0.3, -0.25) is 5.41 Å². The molecule has 1 fully saturated rings. The molecule has 1 aliphatic carbocycles. The largest absolute Gasteiger partial charge is 0.482 e. The third-order valence-corrected chi connectivity index (χ3v) is 5.83. The molecule has 7 nitrogen and oxygen atoms in total. The number of ether oxygens (including phenoxy) is 1. The molecule has 1 saturated carbocycles. The first-order chi connectivity index (χ1) is 15.9. The summed E-state index contributed by atoms with van der Waals surface area (Å²) >= 11 is 5.90. The molecule has 1 atom stereocenters. The molecule has 1 aromatic heterocycles. The van der Waals surface area contributed by atoms with Crippen molar-refractivity contribution in [1.29, 1.82) is 10.8 Å². The minimum Gasteiger partial charge on any atom is -0.482 e. The van der Waals surface area contributed by atoms with E-state index in [1.165, 1.54) is 37.3 Å². The zero-order chi connectivity index (χ0) is 23.5. The number of nitrogen functional groups attached to an aromatic ring is 1. The van der Waals surface area contributed by atoms with Crippen LogP contribution < -0.4 is 21.1 Å². The Morgan fingerprint density at radius 3 is 2.88 bits per heavy atom. The zero-order valence-corrected chi connectivity index (χ0v) is 19.0. The van der Waals surface area contributed by atoms with E-state index in [0.29, 0.717) is 34.1 Å². The SMILES string of the molecule is C[C@H]1Oc2cc(cnc2N)/C(NCC2CC2)=C(/C=N)CN/C(=C\C(=N)Cl)c2ccc(F)cc21. The fourth-order valence-electron chi connectivity index (χ4n) is 3.78. The van der Waals surface area contributed by atoms with Crippen LogP contribution in [0.15, 0.2) is 42.1 Å². The van der Waals surface area contributed by atoms with Gasteiger partial charge in [0.2, 0.25) is 0 Å². The highest BCUT2D eigenvalue weighted by Crippen LogP contribution is 2.34. The maximum atomic E-state index is 14.2. The molecule has 2 bridgehead atoms. The van der Waals surface area contributed by atoms with E-state index in [9.17, 15) is 4.39 Å². The Morgan fingerprint density at radius 2 is 2.18 bits per heavy atom. The first-order valence-electron chi connectivity index (χ1n) is 10.7. The van der Waals surface area contributed by atoms with E-state index in [-0.39, 0.29) is 17.5 Å². The number of rotatable bonds is 5. The van der Waals surface area contributed by atoms with Crippen LogP contribution in [0.25, 0.3) is 11.4 Å². The summed E-state index contributed by atoms with van der Waals surface area (Å²) in [7, 11) is 0. The lowest BCUT2D eigenvalue weighted by atomic mass is 9.99. The summed E-state index contributed by atoms with van der Waals surface area (Å²) in [5.41, 5.74) is 10.00. The van der Waals surface area contributed by atoms with Gasteiger partial charge < -0.3 is 26.5 Å². The van der Waals surface area contributed by atoms with Crippen molar-refractivity contribution in [2.45, 2.75) is 25.9 Å². The van der Waals surface area contributed by atoms with Gasteiger partial charge in [-0.25, -0.2) is 9.37 Å². The fourth-order valence-corrected chi connectivity index (χ4v) is 3.89. The van der Waals surface area contributed by atoms with E-state index in [1.807, 2.05) is 0 Å². The number of anilines is 1. The molecule has 2 heterocycles. The normalized spacial score (nSPS) is 21.7. The van der Waals surface area contributed by atoms with Crippen molar-refractivity contribution in [1.82, 2.24) is 15.6 Å². The predicted molar refractivity (Wildman–Crippen MR) is 130 cm³/mol. The number of nitrogens with zero attached hydrogens (tertiary/aromatic N) is 1. The van der Waals surface area contributed by atoms with Gasteiger partial charge in [0, 0.05) is 59.2 Å². The third-order valence-electron chi connectivity index (χ3n) is 5.72. The maximum absolute atomic E-state index is 14.2. The number of nitrogens with one attached hydrogen (secondary N) is 4. The van der Waals surface area contributed by atoms with E-state index in [2.05, 4.69) is 15.6 Å². The second-order valence-corrected chi connectivity index (χ2v) is 8.63. The summed E-state index contributed by atoms with van der Waals surface area (Å²) in [6.45, 7) is 2.87. The van der Waals surface area contributed by atoms with Gasteiger partial charge in [-0.1, -0.05) is 11.6 Å². The summed E-state index contributed by atoms with van der Waals surface area (Å²) in [4.78, 5) is 4.30. The van der Waals surface area contributed by atoms with Crippen molar-refractivity contribution >= 4 is 40.2 Å². The third kappa shape index (κ3) is 5.34. The van der Waals surface area contributed by atoms with Gasteiger partial charge >= 0.3 is 0 Å². The molecule has 1 aromatic carbocycles. The summed E-state index contributed by atoms with van der Waals surface area (Å²) < 4.78 is 20.3. The highest BCUT2D eigenvalue weighted by atomic mass is 35.5. The van der Waals surface area contributed by atoms with Crippen LogP contribution in [0, 0.1) is 22.6 Å². The summed E-state index contributed by atoms with van der Waals surface area (Å²) in [5, 5.41) is 22.4. The molecule has 4 rings (SSSR count). The van der Waals surface area contributed by atoms with Crippen LogP contribution in [0.1, 0.15) is 42.6 Å². The topological polar surface area (TPSA) is 120 Å². The monoisotopic (exact) mass is 468 g/mol. The Labute approximate surface area is 196 Å². The van der Waals surface area contributed by atoms with E-state index < -0.39 is 11.9 Å². The number of halogens is 2. The van der Waals surface area contributed by atoms with Gasteiger partial charge in [-0.05, 0) is 56.0 Å². The number of hydrogen-bond donors (Lipinski definition) is 5. The van der Waals surface area contributed by atoms with Crippen molar-refractivity contribution in [3.8, 4) is 5.75 Å². The zero-order valence-electron chi connectivity index (χ0n) is 18.2. The Kier molecular flexibility index (Phi) is 6.65. The average molecular weight is 469 g/mol. The summed E-state index contributed by atoms with van der Waals surface area (Å²) in [6.07, 6.45) is 6.19. The second-order valence-electron chi connectivity index (χ2n) is 8.23. The van der Waals surface area contributed by atoms with Crippen molar-refractivity contribution in [3.05, 3.63) is 64.6 Å². The Bertz CT molecular complexity index is 1160. The second kappa shape index (κ2) is 9.62. The first kappa shape index (κ1) is 22.8. The van der Waals surface area contributed by atoms with Gasteiger partial charge in [0.1, 0.15) is 17.1 Å². The number of fused-ring (bicyclic) bond motifs is 3. The number of nitrogens with two attached hydrogens (primary N) is 1. The number of pyridine rings is 1. The number of aromatic nitrogens is 1. The van der Waals surface area contributed by atoms with Gasteiger partial charge in [0.25, 0.3) is 0 Å². The predicted octanol–water partition coefficient (Wildman–Crippen LogP) is 4.46. The molecule has 2 aromatic rings. The van der Waals surface area contributed by atoms with Crippen LogP contribution in [0.2, 0.25) is 0 Å². The fraction of sp³-hybridized carbons (Fsp3) is 0.292. The molecule has 1 aliphatic heterocycles. The lowest BCUT2D eigenvalue weighted by molar-refractivity contribution is 0.226. The molecule has 0 radical (unpaired) electrons. The lowest BCUT2D eigenvalue weighted by Crippen LogP contribution is -2.25. The minimum absolute atomic E-state index is 0.181. The Morgan fingerprint density at radius 1 is 1.39 bits per heavy atom. The molecule has 0 unspecified atom stereocenters. The van der Waals surface area contributed by atoms with Gasteiger partial charge in [-0.2, -0.15) is 0 Å². The Hall–Kier alpha value is -3.39. The molecule has 2 aliphatic rings. The average Bonchev–Trinajstić information content (AvgIpc) is 3.60. The van der Waals surface area contributed by atoms with Crippen molar-refractivity contribution in [2.75, 3.05) is 18.8 Å². The first-order valence-corrected chi connectivity index (χ1v) is 11.1. The van der Waals surface area contributed by atoms with Crippen LogP contribution in [0.5, 0.6) is 5.75 Å². The Balaban J connectivity index is 1.87. The molecule has 0 spiro atoms. The van der Waals surface area contributed by atoms with Gasteiger partial charge in [0.15, 0.2) is 11.6 Å². The quantitative estimate of drug-likeness (QED) is 0.415. The molecule has 0 saturated heterocycles. The number of allylic oxidation sites excluding steroid dienone is 1. The van der Waals surface area contributed by atoms with E-state index in [4.69, 9.17) is 32.9 Å². The van der Waals surface area contributed by atoms with Gasteiger partial charge in [-0.15, -0.1) is 0 Å². The van der Waals surface area contributed by atoms with Crippen molar-refractivity contribution in [2.24, 2.45) is 5.92 Å². The number of hydrogen-bond acceptors (Lipinski definition) is 7. The standard InChI is InChI=1S/C24H26ClFN6O/c1-13-19-7-17(26)4-5-18(19)20(8-22(25)28)30-12-16(9-27)23(31-10-14-2-3-14)15-6-21(33-13)24(29)32-11-15/h4-9,11,13-14,27-28,30-31H,2-3,10,12H2,1H3,(H2,29,32)/b20-8-,23-16+,27-9?,28-22?/t13-/m1/s1. The van der Waals surface area contributed by atoms with E-state index in [1.54, 1.807) is 25.3 Å². The molecular formula is C24H26ClFN6O. The van der Waals surface area contributed by atoms with Crippen LogP contribution in [-0.2, 0) is 0 Å². The van der Waals surface area contributed by atoms with Crippen LogP contribution in [0.3, 0.4) is 0 Å². The summed E-state index contributed by atoms with van der Waals surface area (Å²) in [6, 6.07) is 6.15. The molecule has 172 valence electrons. The highest BCUT2D eigenvalue weighted by molar-refractivity contribution is 6.68.